The van der Waals surface area contributed by atoms with E-state index in [0.717, 1.165) is 4.88 Å². The minimum absolute atomic E-state index is 0.0811. The Balaban J connectivity index is 2.06. The van der Waals surface area contributed by atoms with E-state index in [2.05, 4.69) is 29.7 Å². The van der Waals surface area contributed by atoms with Gasteiger partial charge >= 0.3 is 6.03 Å². The molecule has 2 aromatic rings. The molecule has 0 unspecified atom stereocenters. The van der Waals surface area contributed by atoms with Crippen molar-refractivity contribution in [2.24, 2.45) is 0 Å². The van der Waals surface area contributed by atoms with Crippen LogP contribution in [0.2, 0.25) is 0 Å². The van der Waals surface area contributed by atoms with E-state index >= 15 is 0 Å². The first-order valence-electron chi connectivity index (χ1n) is 7.85. The summed E-state index contributed by atoms with van der Waals surface area (Å²) in [4.78, 5) is 28.3. The third kappa shape index (κ3) is 4.58. The highest BCUT2D eigenvalue weighted by molar-refractivity contribution is 7.11. The van der Waals surface area contributed by atoms with E-state index in [0.29, 0.717) is 17.8 Å². The van der Waals surface area contributed by atoms with Crippen molar-refractivity contribution >= 4 is 29.0 Å². The van der Waals surface area contributed by atoms with Gasteiger partial charge in [-0.15, -0.1) is 11.3 Å². The number of nitrogens with zero attached hydrogens (tertiary/aromatic N) is 1. The number of aryl methyl sites for hydroxylation is 1. The average molecular weight is 345 g/mol. The summed E-state index contributed by atoms with van der Waals surface area (Å²) in [6.07, 6.45) is 0. The van der Waals surface area contributed by atoms with E-state index in [1.165, 1.54) is 4.88 Å². The van der Waals surface area contributed by atoms with E-state index in [9.17, 15) is 9.59 Å². The molecule has 2 N–H and O–H groups in total. The minimum Gasteiger partial charge on any atom is -0.355 e. The molecule has 0 fully saturated rings. The van der Waals surface area contributed by atoms with E-state index in [4.69, 9.17) is 0 Å². The second kappa shape index (κ2) is 7.97. The number of anilines is 1. The predicted octanol–water partition coefficient (Wildman–Crippen LogP) is 3.86. The number of hydrogen-bond donors (Lipinski definition) is 2. The topological polar surface area (TPSA) is 61.4 Å². The molecule has 0 aliphatic rings. The van der Waals surface area contributed by atoms with Crippen molar-refractivity contribution < 1.29 is 9.59 Å². The van der Waals surface area contributed by atoms with Crippen LogP contribution in [-0.4, -0.2) is 29.9 Å². The summed E-state index contributed by atoms with van der Waals surface area (Å²) >= 11 is 1.70. The van der Waals surface area contributed by atoms with Crippen LogP contribution in [0.25, 0.3) is 0 Å². The molecule has 0 aliphatic carbocycles. The molecule has 0 saturated heterocycles. The molecule has 128 valence electrons. The number of carbonyl (C=O) groups is 2. The summed E-state index contributed by atoms with van der Waals surface area (Å²) < 4.78 is 0. The van der Waals surface area contributed by atoms with Crippen LogP contribution in [0, 0.1) is 6.92 Å². The van der Waals surface area contributed by atoms with Crippen LogP contribution >= 0.6 is 11.3 Å². The van der Waals surface area contributed by atoms with Gasteiger partial charge in [0, 0.05) is 34.1 Å². The van der Waals surface area contributed by atoms with Crippen LogP contribution in [0.15, 0.2) is 36.4 Å². The molecular weight excluding hydrogens is 322 g/mol. The fraction of sp³-hybridized carbons (Fsp3) is 0.333. The van der Waals surface area contributed by atoms with Gasteiger partial charge in [-0.25, -0.2) is 4.79 Å². The molecule has 2 rings (SSSR count). The molecule has 0 atom stereocenters. The largest absolute Gasteiger partial charge is 0.355 e. The molecule has 1 aromatic heterocycles. The number of urea groups is 1. The maximum atomic E-state index is 12.6. The third-order valence-corrected chi connectivity index (χ3v) is 4.62. The molecule has 3 amide bonds. The SMILES string of the molecule is CNC(=O)c1ccc(NC(=O)N(Cc2ccc(C)s2)C(C)C)cc1. The highest BCUT2D eigenvalue weighted by Gasteiger charge is 2.18. The summed E-state index contributed by atoms with van der Waals surface area (Å²) in [6, 6.07) is 10.9. The normalized spacial score (nSPS) is 10.5. The Morgan fingerprint density at radius 1 is 1.12 bits per heavy atom. The van der Waals surface area contributed by atoms with Gasteiger partial charge in [0.2, 0.25) is 0 Å². The van der Waals surface area contributed by atoms with Gasteiger partial charge in [0.15, 0.2) is 0 Å². The Morgan fingerprint density at radius 3 is 2.29 bits per heavy atom. The molecule has 1 aromatic carbocycles. The van der Waals surface area contributed by atoms with Crippen molar-refractivity contribution in [2.45, 2.75) is 33.4 Å². The second-order valence-electron chi connectivity index (χ2n) is 5.82. The smallest absolute Gasteiger partial charge is 0.322 e. The molecular formula is C18H23N3O2S. The molecule has 24 heavy (non-hydrogen) atoms. The van der Waals surface area contributed by atoms with Gasteiger partial charge in [-0.1, -0.05) is 0 Å². The van der Waals surface area contributed by atoms with Crippen molar-refractivity contribution in [3.05, 3.63) is 51.7 Å². The van der Waals surface area contributed by atoms with Gasteiger partial charge < -0.3 is 15.5 Å². The Morgan fingerprint density at radius 2 is 1.79 bits per heavy atom. The van der Waals surface area contributed by atoms with E-state index in [1.807, 2.05) is 13.8 Å². The van der Waals surface area contributed by atoms with Gasteiger partial charge in [-0.2, -0.15) is 0 Å². The fourth-order valence-electron chi connectivity index (χ4n) is 2.27. The summed E-state index contributed by atoms with van der Waals surface area (Å²) in [5, 5.41) is 5.47. The molecule has 0 bridgehead atoms. The maximum absolute atomic E-state index is 12.6. The lowest BCUT2D eigenvalue weighted by Gasteiger charge is -2.26. The first-order valence-corrected chi connectivity index (χ1v) is 8.67. The average Bonchev–Trinajstić information content (AvgIpc) is 2.97. The van der Waals surface area contributed by atoms with E-state index in [-0.39, 0.29) is 18.0 Å². The van der Waals surface area contributed by atoms with Crippen molar-refractivity contribution in [3.8, 4) is 0 Å². The van der Waals surface area contributed by atoms with Crippen LogP contribution in [0.5, 0.6) is 0 Å². The molecule has 0 aliphatic heterocycles. The summed E-state index contributed by atoms with van der Waals surface area (Å²) in [7, 11) is 1.59. The first kappa shape index (κ1) is 18.0. The number of nitrogens with one attached hydrogen (secondary N) is 2. The van der Waals surface area contributed by atoms with Crippen molar-refractivity contribution in [1.82, 2.24) is 10.2 Å². The summed E-state index contributed by atoms with van der Waals surface area (Å²) in [5.41, 5.74) is 1.23. The Bertz CT molecular complexity index is 707. The van der Waals surface area contributed by atoms with Crippen LogP contribution in [0.1, 0.15) is 34.0 Å². The lowest BCUT2D eigenvalue weighted by Crippen LogP contribution is -2.39. The molecule has 6 heteroatoms. The number of thiophene rings is 1. The van der Waals surface area contributed by atoms with Crippen LogP contribution in [-0.2, 0) is 6.54 Å². The minimum atomic E-state index is -0.149. The quantitative estimate of drug-likeness (QED) is 0.864. The number of rotatable bonds is 5. The van der Waals surface area contributed by atoms with E-state index in [1.54, 1.807) is 47.5 Å². The highest BCUT2D eigenvalue weighted by atomic mass is 32.1. The lowest BCUT2D eigenvalue weighted by molar-refractivity contribution is 0.0963. The number of amides is 3. The first-order chi connectivity index (χ1) is 11.4. The molecule has 0 radical (unpaired) electrons. The molecule has 0 saturated carbocycles. The highest BCUT2D eigenvalue weighted by Crippen LogP contribution is 2.19. The van der Waals surface area contributed by atoms with E-state index < -0.39 is 0 Å². The fourth-order valence-corrected chi connectivity index (χ4v) is 3.16. The van der Waals surface area contributed by atoms with Gasteiger partial charge in [0.25, 0.3) is 5.91 Å². The number of carbonyl (C=O) groups excluding carboxylic acids is 2. The summed E-state index contributed by atoms with van der Waals surface area (Å²) in [5.74, 6) is -0.148. The molecule has 1 heterocycles. The zero-order chi connectivity index (χ0) is 17.7. The summed E-state index contributed by atoms with van der Waals surface area (Å²) in [6.45, 7) is 6.63. The number of hydrogen-bond acceptors (Lipinski definition) is 3. The van der Waals surface area contributed by atoms with Crippen LogP contribution < -0.4 is 10.6 Å². The predicted molar refractivity (Wildman–Crippen MR) is 98.6 cm³/mol. The Labute approximate surface area is 146 Å². The second-order valence-corrected chi connectivity index (χ2v) is 7.19. The van der Waals surface area contributed by atoms with Crippen molar-refractivity contribution in [1.29, 1.82) is 0 Å². The maximum Gasteiger partial charge on any atom is 0.322 e. The molecule has 5 nitrogen and oxygen atoms in total. The Kier molecular flexibility index (Phi) is 5.98. The zero-order valence-electron chi connectivity index (χ0n) is 14.4. The lowest BCUT2D eigenvalue weighted by atomic mass is 10.2. The molecule has 0 spiro atoms. The van der Waals surface area contributed by atoms with Crippen LogP contribution in [0.4, 0.5) is 10.5 Å². The number of benzene rings is 1. The van der Waals surface area contributed by atoms with Gasteiger partial charge in [-0.05, 0) is 57.2 Å². The third-order valence-electron chi connectivity index (χ3n) is 3.63. The van der Waals surface area contributed by atoms with Crippen molar-refractivity contribution in [3.63, 3.8) is 0 Å². The van der Waals surface area contributed by atoms with Gasteiger partial charge in [0.1, 0.15) is 0 Å². The van der Waals surface area contributed by atoms with Crippen LogP contribution in [0.3, 0.4) is 0 Å². The van der Waals surface area contributed by atoms with Crippen molar-refractivity contribution in [2.75, 3.05) is 12.4 Å². The standard InChI is InChI=1S/C18H23N3O2S/c1-12(2)21(11-16-10-5-13(3)24-16)18(23)20-15-8-6-14(7-9-15)17(22)19-4/h5-10,12H,11H2,1-4H3,(H,19,22)(H,20,23). The Hall–Kier alpha value is -2.34. The monoisotopic (exact) mass is 345 g/mol. The van der Waals surface area contributed by atoms with Gasteiger partial charge in [-0.3, -0.25) is 4.79 Å². The van der Waals surface area contributed by atoms with Gasteiger partial charge in [0.05, 0.1) is 6.54 Å². The zero-order valence-corrected chi connectivity index (χ0v) is 15.2.